The third-order valence-electron chi connectivity index (χ3n) is 21.8. The molecule has 660 valence electrons. The van der Waals surface area contributed by atoms with Crippen LogP contribution in [0.15, 0.2) is 212 Å². The first kappa shape index (κ1) is 107. The molecule has 1 heteroatoms. The first-order chi connectivity index (χ1) is 53.6. The number of rotatable bonds is 0. The zero-order valence-corrected chi connectivity index (χ0v) is 86.7. The fraction of sp³-hybridized carbons (Fsp3) is 0.538. The number of allylic oxidation sites excluding steroid dienone is 2. The molecule has 0 spiro atoms. The molecule has 120 heavy (non-hydrogen) atoms. The SMILES string of the molecule is CC(C)(C)/C=C/C(C)(C)C.CC(C)(C)c1ccc(C(C)(C)C)cc1.CC(C)(C)c1ccc2cc(C(C)(C)C)ccc2c1.CC(C)(C)c1ccc2ccc(C(C)(C)C)cc2c1.CC(C)(C)c1cccc(C(C)(C)C)c1.CC(C)(C)c1cccc(C(C)(C)C)n1.CC(C)(C)c1cccc2cccc(C(C)(C)C)c12.CC(C)(C)c1ccccc1C(C)(C)C. The Morgan fingerprint density at radius 3 is 0.617 bits per heavy atom. The topological polar surface area (TPSA) is 12.9 Å². The molecule has 0 atom stereocenters. The van der Waals surface area contributed by atoms with Crippen molar-refractivity contribution in [3.63, 3.8) is 0 Å². The summed E-state index contributed by atoms with van der Waals surface area (Å²) in [5.41, 5.74) is 23.1. The highest BCUT2D eigenvalue weighted by molar-refractivity contribution is 5.91. The summed E-state index contributed by atoms with van der Waals surface area (Å²) in [5, 5.41) is 8.17. The lowest BCUT2D eigenvalue weighted by molar-refractivity contribution is 0.502. The van der Waals surface area contributed by atoms with Crippen LogP contribution in [0.25, 0.3) is 32.3 Å². The lowest BCUT2D eigenvalue weighted by Crippen LogP contribution is -2.21. The van der Waals surface area contributed by atoms with E-state index in [1.54, 1.807) is 0 Å². The van der Waals surface area contributed by atoms with Gasteiger partial charge >= 0.3 is 0 Å². The third-order valence-corrected chi connectivity index (χ3v) is 21.8. The molecule has 1 aromatic heterocycles. The van der Waals surface area contributed by atoms with Gasteiger partial charge < -0.3 is 0 Å². The van der Waals surface area contributed by atoms with E-state index in [0.29, 0.717) is 10.8 Å². The van der Waals surface area contributed by atoms with Gasteiger partial charge in [-0.15, -0.1) is 0 Å². The summed E-state index contributed by atoms with van der Waals surface area (Å²) in [7, 11) is 0. The minimum Gasteiger partial charge on any atom is -0.257 e. The Morgan fingerprint density at radius 1 is 0.158 bits per heavy atom. The van der Waals surface area contributed by atoms with Crippen LogP contribution in [-0.4, -0.2) is 4.98 Å². The summed E-state index contributed by atoms with van der Waals surface area (Å²) >= 11 is 0. The van der Waals surface area contributed by atoms with Gasteiger partial charge in [0.05, 0.1) is 0 Å². The third kappa shape index (κ3) is 35.8. The van der Waals surface area contributed by atoms with Crippen molar-refractivity contribution in [2.45, 2.75) is 408 Å². The smallest absolute Gasteiger partial charge is 0.0460 e. The Kier molecular flexibility index (Phi) is 35.7. The van der Waals surface area contributed by atoms with E-state index in [1.807, 2.05) is 0 Å². The molecular formula is C119H179N. The molecule has 0 radical (unpaired) electrons. The number of nitrogens with zero attached hydrogens (tertiary/aromatic N) is 1. The predicted molar refractivity (Wildman–Crippen MR) is 545 cm³/mol. The van der Waals surface area contributed by atoms with E-state index in [2.05, 4.69) is 545 Å². The summed E-state index contributed by atoms with van der Waals surface area (Å²) in [6.45, 7) is 108. The first-order valence-electron chi connectivity index (χ1n) is 45.3. The van der Waals surface area contributed by atoms with Crippen molar-refractivity contribution >= 4 is 32.3 Å². The normalized spacial score (nSPS) is 13.1. The second-order valence-corrected chi connectivity index (χ2v) is 50.9. The molecule has 0 fully saturated rings. The molecule has 0 aliphatic rings. The van der Waals surface area contributed by atoms with Gasteiger partial charge in [-0.1, -0.05) is 533 Å². The van der Waals surface area contributed by atoms with Crippen LogP contribution in [0.1, 0.15) is 410 Å². The highest BCUT2D eigenvalue weighted by atomic mass is 14.7. The van der Waals surface area contributed by atoms with Gasteiger partial charge in [-0.25, -0.2) is 0 Å². The van der Waals surface area contributed by atoms with E-state index < -0.39 is 0 Å². The monoisotopic (exact) mass is 1620 g/mol. The van der Waals surface area contributed by atoms with E-state index in [1.165, 1.54) is 110 Å². The maximum atomic E-state index is 4.72. The number of fused-ring (bicyclic) bond motifs is 3. The minimum atomic E-state index is 0.140. The standard InChI is InChI=1S/3C18H24.3C14H22.C13H21N.C10H20/c1-17(2,3)15-9-7-14-12-16(18(4,5)6)10-8-13(14)11-15;1-17(2,3)15-9-7-13-8-10-16(18(4,5)6)12-14(13)11-15;1-17(2,3)14-11-7-9-13-10-8-12-15(16(13)14)18(4,5)6;1-13(2,3)11-7-9-12(10-8-11)14(4,5)6;1-13(2,3)11-8-7-9-12(10-11)14(4,5)6;1-13(2,3)11-9-7-8-10-12(11)14(4,5)6;1-12(2,3)10-8-7-9-11(14-10)13(4,5)6;1-9(2,3)7-8-10(4,5)6/h3*7-12H,1-6H3;3*7-10H,1-6H3;7-9H,1-6H3;7-8H,1-6H3/b;;;;;;;8-7+. The van der Waals surface area contributed by atoms with Crippen LogP contribution in [0.2, 0.25) is 0 Å². The molecular weight excluding hydrogens is 1440 g/mol. The second kappa shape index (κ2) is 40.1. The molecule has 0 saturated carbocycles. The molecule has 0 bridgehead atoms. The maximum absolute atomic E-state index is 4.72. The molecule has 0 aliphatic heterocycles. The summed E-state index contributed by atoms with van der Waals surface area (Å²) in [5.74, 6) is 0. The summed E-state index contributed by atoms with van der Waals surface area (Å²) in [4.78, 5) is 4.72. The quantitative estimate of drug-likeness (QED) is 0.138. The van der Waals surface area contributed by atoms with Crippen molar-refractivity contribution in [1.29, 1.82) is 0 Å². The van der Waals surface area contributed by atoms with Crippen LogP contribution in [-0.2, 0) is 75.8 Å². The van der Waals surface area contributed by atoms with Crippen molar-refractivity contribution < 1.29 is 0 Å². The number of hydrogen-bond donors (Lipinski definition) is 0. The highest BCUT2D eigenvalue weighted by Gasteiger charge is 2.28. The zero-order valence-electron chi connectivity index (χ0n) is 86.7. The second-order valence-electron chi connectivity index (χ2n) is 50.9. The van der Waals surface area contributed by atoms with Crippen molar-refractivity contribution in [2.24, 2.45) is 10.8 Å². The van der Waals surface area contributed by atoms with Crippen LogP contribution in [0.4, 0.5) is 0 Å². The lowest BCUT2D eigenvalue weighted by atomic mass is 9.75. The van der Waals surface area contributed by atoms with E-state index in [9.17, 15) is 0 Å². The number of pyridine rings is 1. The van der Waals surface area contributed by atoms with Gasteiger partial charge in [-0.05, 0) is 187 Å². The summed E-state index contributed by atoms with van der Waals surface area (Å²) < 4.78 is 0. The van der Waals surface area contributed by atoms with Crippen molar-refractivity contribution in [3.05, 3.63) is 290 Å². The Hall–Kier alpha value is -7.35. The van der Waals surface area contributed by atoms with Gasteiger partial charge in [-0.2, -0.15) is 0 Å². The number of aromatic nitrogens is 1. The zero-order chi connectivity index (χ0) is 93.0. The van der Waals surface area contributed by atoms with Crippen LogP contribution < -0.4 is 0 Å². The Balaban J connectivity index is 0.000000357. The van der Waals surface area contributed by atoms with Gasteiger partial charge in [0.1, 0.15) is 0 Å². The fourth-order valence-electron chi connectivity index (χ4n) is 13.4. The van der Waals surface area contributed by atoms with Crippen molar-refractivity contribution in [1.82, 2.24) is 4.98 Å². The van der Waals surface area contributed by atoms with Gasteiger partial charge in [-0.3, -0.25) is 4.98 Å². The Morgan fingerprint density at radius 2 is 0.375 bits per heavy atom. The van der Waals surface area contributed by atoms with E-state index in [0.717, 1.165) is 0 Å². The van der Waals surface area contributed by atoms with Gasteiger partial charge in [0.2, 0.25) is 0 Å². The van der Waals surface area contributed by atoms with Crippen LogP contribution >= 0.6 is 0 Å². The molecule has 10 rings (SSSR count). The average Bonchev–Trinajstić information content (AvgIpc) is 0.702. The lowest BCUT2D eigenvalue weighted by Gasteiger charge is -2.29. The van der Waals surface area contributed by atoms with Crippen molar-refractivity contribution in [2.75, 3.05) is 0 Å². The van der Waals surface area contributed by atoms with Crippen molar-refractivity contribution in [3.8, 4) is 0 Å². The summed E-state index contributed by atoms with van der Waals surface area (Å²) in [6, 6.07) is 73.7. The Bertz CT molecular complexity index is 4500. The fourth-order valence-corrected chi connectivity index (χ4v) is 13.4. The van der Waals surface area contributed by atoms with Crippen LogP contribution in [0, 0.1) is 10.8 Å². The van der Waals surface area contributed by atoms with Gasteiger partial charge in [0.25, 0.3) is 0 Å². The molecule has 0 aliphatic carbocycles. The average molecular weight is 1620 g/mol. The van der Waals surface area contributed by atoms with E-state index in [-0.39, 0.29) is 75.8 Å². The first-order valence-corrected chi connectivity index (χ1v) is 45.3. The molecule has 0 unspecified atom stereocenters. The minimum absolute atomic E-state index is 0.140. The molecule has 1 nitrogen and oxygen atoms in total. The van der Waals surface area contributed by atoms with Gasteiger partial charge in [0.15, 0.2) is 0 Å². The van der Waals surface area contributed by atoms with E-state index in [4.69, 9.17) is 4.98 Å². The predicted octanol–water partition coefficient (Wildman–Crippen LogP) is 36.5. The summed E-state index contributed by atoms with van der Waals surface area (Å²) in [6.07, 6.45) is 4.54. The Labute approximate surface area is 741 Å². The van der Waals surface area contributed by atoms with Crippen LogP contribution in [0.3, 0.4) is 0 Å². The maximum Gasteiger partial charge on any atom is 0.0460 e. The van der Waals surface area contributed by atoms with Gasteiger partial charge in [0, 0.05) is 22.2 Å². The number of benzene rings is 9. The largest absolute Gasteiger partial charge is 0.257 e. The van der Waals surface area contributed by atoms with Crippen LogP contribution in [0.5, 0.6) is 0 Å². The molecule has 1 heterocycles. The molecule has 9 aromatic carbocycles. The molecule has 0 saturated heterocycles. The molecule has 0 amide bonds. The number of hydrogen-bond acceptors (Lipinski definition) is 1. The highest BCUT2D eigenvalue weighted by Crippen LogP contribution is 2.40. The molecule has 0 N–H and O–H groups in total. The molecule has 10 aromatic rings. The van der Waals surface area contributed by atoms with E-state index >= 15 is 0 Å².